The second-order valence-electron chi connectivity index (χ2n) is 5.73. The minimum atomic E-state index is -0.752. The first-order valence-corrected chi connectivity index (χ1v) is 7.52. The highest BCUT2D eigenvalue weighted by atomic mass is 16.2. The Balaban J connectivity index is 3.18. The van der Waals surface area contributed by atoms with Crippen molar-refractivity contribution in [3.8, 4) is 0 Å². The summed E-state index contributed by atoms with van der Waals surface area (Å²) in [5, 5.41) is 2.90. The fraction of sp³-hybridized carbons (Fsp3) is 0.867. The van der Waals surface area contributed by atoms with Gasteiger partial charge in [0.1, 0.15) is 5.54 Å². The first-order valence-electron chi connectivity index (χ1n) is 7.52. The van der Waals surface area contributed by atoms with Crippen LogP contribution in [-0.4, -0.2) is 34.3 Å². The Kier molecular flexibility index (Phi) is 4.99. The van der Waals surface area contributed by atoms with Gasteiger partial charge in [0.15, 0.2) is 0 Å². The molecule has 2 amide bonds. The fourth-order valence-electron chi connectivity index (χ4n) is 3.05. The van der Waals surface area contributed by atoms with Crippen molar-refractivity contribution in [2.75, 3.05) is 6.54 Å². The molecule has 1 aliphatic heterocycles. The zero-order valence-corrected chi connectivity index (χ0v) is 13.0. The van der Waals surface area contributed by atoms with Crippen LogP contribution in [0, 0.1) is 0 Å². The number of hydrogen-bond donors (Lipinski definition) is 1. The van der Waals surface area contributed by atoms with Crippen molar-refractivity contribution in [2.45, 2.75) is 77.8 Å². The van der Waals surface area contributed by atoms with Gasteiger partial charge in [0.2, 0.25) is 11.8 Å². The van der Waals surface area contributed by atoms with Crippen LogP contribution in [0.1, 0.15) is 66.7 Å². The van der Waals surface area contributed by atoms with E-state index in [-0.39, 0.29) is 17.4 Å². The van der Waals surface area contributed by atoms with E-state index >= 15 is 0 Å². The standard InChI is InChI=1S/C15H28N2O2/c1-6-14(5)13(19)17(11-10-12(18)16-14)15(7-2,8-3)9-4/h6-11H2,1-5H3,(H,16,18). The Morgan fingerprint density at radius 1 is 1.16 bits per heavy atom. The highest BCUT2D eigenvalue weighted by Crippen LogP contribution is 2.32. The van der Waals surface area contributed by atoms with Crippen molar-refractivity contribution in [1.29, 1.82) is 0 Å². The second-order valence-corrected chi connectivity index (χ2v) is 5.73. The SMILES string of the molecule is CCC1(C)NC(=O)CCN(C(CC)(CC)CC)C1=O. The summed E-state index contributed by atoms with van der Waals surface area (Å²) in [5.41, 5.74) is -0.863. The van der Waals surface area contributed by atoms with Crippen molar-refractivity contribution < 1.29 is 9.59 Å². The van der Waals surface area contributed by atoms with Gasteiger partial charge in [0.05, 0.1) is 0 Å². The van der Waals surface area contributed by atoms with E-state index in [1.165, 1.54) is 0 Å². The van der Waals surface area contributed by atoms with Crippen LogP contribution >= 0.6 is 0 Å². The monoisotopic (exact) mass is 268 g/mol. The molecule has 4 heteroatoms. The van der Waals surface area contributed by atoms with Gasteiger partial charge >= 0.3 is 0 Å². The van der Waals surface area contributed by atoms with E-state index in [0.29, 0.717) is 19.4 Å². The van der Waals surface area contributed by atoms with Crippen LogP contribution < -0.4 is 5.32 Å². The summed E-state index contributed by atoms with van der Waals surface area (Å²) in [5.74, 6) is 0.0591. The van der Waals surface area contributed by atoms with Crippen LogP contribution in [-0.2, 0) is 9.59 Å². The molecule has 0 aliphatic carbocycles. The van der Waals surface area contributed by atoms with Crippen molar-refractivity contribution >= 4 is 11.8 Å². The minimum Gasteiger partial charge on any atom is -0.342 e. The quantitative estimate of drug-likeness (QED) is 0.832. The molecule has 0 aromatic carbocycles. The van der Waals surface area contributed by atoms with E-state index in [1.54, 1.807) is 0 Å². The summed E-state index contributed by atoms with van der Waals surface area (Å²) in [6.45, 7) is 10.7. The zero-order valence-electron chi connectivity index (χ0n) is 13.0. The van der Waals surface area contributed by atoms with Crippen molar-refractivity contribution in [1.82, 2.24) is 10.2 Å². The number of carbonyl (C=O) groups excluding carboxylic acids is 2. The maximum Gasteiger partial charge on any atom is 0.248 e. The van der Waals surface area contributed by atoms with Crippen LogP contribution in [0.2, 0.25) is 0 Å². The van der Waals surface area contributed by atoms with E-state index in [4.69, 9.17) is 0 Å². The van der Waals surface area contributed by atoms with Crippen LogP contribution in [0.4, 0.5) is 0 Å². The molecule has 1 atom stereocenters. The van der Waals surface area contributed by atoms with E-state index in [9.17, 15) is 9.59 Å². The second kappa shape index (κ2) is 5.93. The fourth-order valence-corrected chi connectivity index (χ4v) is 3.05. The summed E-state index contributed by atoms with van der Waals surface area (Å²) in [4.78, 5) is 26.7. The molecule has 1 heterocycles. The Hall–Kier alpha value is -1.06. The third-order valence-electron chi connectivity index (χ3n) is 4.95. The molecule has 1 N–H and O–H groups in total. The van der Waals surface area contributed by atoms with E-state index < -0.39 is 5.54 Å². The molecule has 0 aromatic rings. The number of rotatable bonds is 5. The molecule has 0 radical (unpaired) electrons. The molecule has 1 fully saturated rings. The highest BCUT2D eigenvalue weighted by molar-refractivity contribution is 5.93. The van der Waals surface area contributed by atoms with Crippen LogP contribution in [0.3, 0.4) is 0 Å². The van der Waals surface area contributed by atoms with Gasteiger partial charge in [-0.05, 0) is 32.6 Å². The van der Waals surface area contributed by atoms with Gasteiger partial charge < -0.3 is 10.2 Å². The minimum absolute atomic E-state index is 0.0163. The third kappa shape index (κ3) is 2.77. The van der Waals surface area contributed by atoms with Crippen LogP contribution in [0.5, 0.6) is 0 Å². The molecule has 1 aliphatic rings. The molecule has 0 spiro atoms. The maximum atomic E-state index is 12.9. The molecule has 110 valence electrons. The predicted octanol–water partition coefficient (Wildman–Crippen LogP) is 2.47. The molecule has 0 bridgehead atoms. The van der Waals surface area contributed by atoms with Gasteiger partial charge in [-0.25, -0.2) is 0 Å². The Labute approximate surface area is 116 Å². The summed E-state index contributed by atoms with van der Waals surface area (Å²) in [6, 6.07) is 0. The van der Waals surface area contributed by atoms with Gasteiger partial charge in [-0.2, -0.15) is 0 Å². The third-order valence-corrected chi connectivity index (χ3v) is 4.95. The predicted molar refractivity (Wildman–Crippen MR) is 76.8 cm³/mol. The molecule has 1 unspecified atom stereocenters. The number of nitrogens with one attached hydrogen (secondary N) is 1. The zero-order chi connectivity index (χ0) is 14.7. The van der Waals surface area contributed by atoms with Gasteiger partial charge in [-0.15, -0.1) is 0 Å². The lowest BCUT2D eigenvalue weighted by atomic mass is 9.85. The van der Waals surface area contributed by atoms with E-state index in [0.717, 1.165) is 19.3 Å². The topological polar surface area (TPSA) is 49.4 Å². The molecule has 0 aromatic heterocycles. The largest absolute Gasteiger partial charge is 0.342 e. The number of nitrogens with zero attached hydrogens (tertiary/aromatic N) is 1. The summed E-state index contributed by atoms with van der Waals surface area (Å²) in [7, 11) is 0. The molecule has 0 saturated carbocycles. The highest BCUT2D eigenvalue weighted by Gasteiger charge is 2.45. The molecular formula is C15H28N2O2. The Morgan fingerprint density at radius 3 is 2.11 bits per heavy atom. The number of hydrogen-bond acceptors (Lipinski definition) is 2. The lowest BCUT2D eigenvalue weighted by Gasteiger charge is -2.45. The van der Waals surface area contributed by atoms with Crippen molar-refractivity contribution in [3.05, 3.63) is 0 Å². The average molecular weight is 268 g/mol. The first kappa shape index (κ1) is 16.0. The van der Waals surface area contributed by atoms with Gasteiger partial charge in [-0.3, -0.25) is 9.59 Å². The lowest BCUT2D eigenvalue weighted by Crippen LogP contribution is -2.60. The lowest BCUT2D eigenvalue weighted by molar-refractivity contribution is -0.144. The maximum absolute atomic E-state index is 12.9. The summed E-state index contributed by atoms with van der Waals surface area (Å²) < 4.78 is 0. The van der Waals surface area contributed by atoms with E-state index in [2.05, 4.69) is 26.1 Å². The van der Waals surface area contributed by atoms with Crippen LogP contribution in [0.25, 0.3) is 0 Å². The number of amides is 2. The van der Waals surface area contributed by atoms with Gasteiger partial charge in [0.25, 0.3) is 0 Å². The van der Waals surface area contributed by atoms with Crippen molar-refractivity contribution in [2.24, 2.45) is 0 Å². The summed E-state index contributed by atoms with van der Waals surface area (Å²) >= 11 is 0. The number of carbonyl (C=O) groups is 2. The molecule has 1 rings (SSSR count). The van der Waals surface area contributed by atoms with Crippen molar-refractivity contribution in [3.63, 3.8) is 0 Å². The average Bonchev–Trinajstić information content (AvgIpc) is 2.53. The molecule has 19 heavy (non-hydrogen) atoms. The molecule has 4 nitrogen and oxygen atoms in total. The first-order chi connectivity index (χ1) is 8.89. The van der Waals surface area contributed by atoms with E-state index in [1.807, 2.05) is 18.7 Å². The van der Waals surface area contributed by atoms with Gasteiger partial charge in [-0.1, -0.05) is 27.7 Å². The Bertz CT molecular complexity index is 342. The normalized spacial score (nSPS) is 25.2. The summed E-state index contributed by atoms with van der Waals surface area (Å²) in [6.07, 6.45) is 3.82. The smallest absolute Gasteiger partial charge is 0.248 e. The molecular weight excluding hydrogens is 240 g/mol. The molecule has 1 saturated heterocycles. The van der Waals surface area contributed by atoms with Crippen LogP contribution in [0.15, 0.2) is 0 Å². The van der Waals surface area contributed by atoms with Gasteiger partial charge in [0, 0.05) is 18.5 Å². The Morgan fingerprint density at radius 2 is 1.68 bits per heavy atom.